The minimum absolute atomic E-state index is 0.380. The van der Waals surface area contributed by atoms with Gasteiger partial charge in [-0.1, -0.05) is 60.7 Å². The topological polar surface area (TPSA) is 68.5 Å². The minimum atomic E-state index is 0.380. The Kier molecular flexibility index (Phi) is 9.11. The molecule has 43 heavy (non-hydrogen) atoms. The summed E-state index contributed by atoms with van der Waals surface area (Å²) in [7, 11) is 6.44. The quantitative estimate of drug-likeness (QED) is 0.147. The molecule has 0 aliphatic rings. The minimum Gasteiger partial charge on any atom is -0.493 e. The predicted molar refractivity (Wildman–Crippen MR) is 167 cm³/mol. The van der Waals surface area contributed by atoms with Crippen molar-refractivity contribution in [2.75, 3.05) is 28.4 Å². The zero-order chi connectivity index (χ0) is 30.3. The van der Waals surface area contributed by atoms with Crippen molar-refractivity contribution in [2.24, 2.45) is 0 Å². The molecule has 0 radical (unpaired) electrons. The monoisotopic (exact) mass is 580 g/mol. The number of hydrogen-bond acceptors (Lipinski definition) is 7. The van der Waals surface area contributed by atoms with E-state index >= 15 is 0 Å². The molecule has 0 aliphatic carbocycles. The van der Waals surface area contributed by atoms with Gasteiger partial charge in [0.05, 0.1) is 28.4 Å². The molecule has 0 atom stereocenters. The largest absolute Gasteiger partial charge is 0.493 e. The molecule has 0 unspecified atom stereocenters. The van der Waals surface area contributed by atoms with Crippen molar-refractivity contribution in [2.45, 2.75) is 27.1 Å². The predicted octanol–water partition coefficient (Wildman–Crippen LogP) is 8.42. The van der Waals surface area contributed by atoms with Gasteiger partial charge in [0.15, 0.2) is 23.0 Å². The Morgan fingerprint density at radius 3 is 1.12 bits per heavy atom. The van der Waals surface area contributed by atoms with E-state index < -0.39 is 0 Å². The Hall–Kier alpha value is -5.04. The van der Waals surface area contributed by atoms with Gasteiger partial charge in [-0.15, -0.1) is 0 Å². The lowest BCUT2D eigenvalue weighted by atomic mass is 10.0. The lowest BCUT2D eigenvalue weighted by Gasteiger charge is -2.16. The average molecular weight is 581 g/mol. The number of rotatable bonds is 12. The van der Waals surface area contributed by atoms with Gasteiger partial charge in [-0.2, -0.15) is 0 Å². The molecule has 5 rings (SSSR count). The highest BCUT2D eigenvalue weighted by Gasteiger charge is 2.24. The normalized spacial score (nSPS) is 10.7. The van der Waals surface area contributed by atoms with Crippen LogP contribution in [-0.4, -0.2) is 28.4 Å². The molecule has 0 fully saturated rings. The van der Waals surface area contributed by atoms with Gasteiger partial charge in [0.25, 0.3) is 0 Å². The standard InChI is InChI=1S/C36H36O7/c1-23-24(2)34(28-19-31(39-5)36(32(20-28)40-6)42-22-26-15-11-8-12-16-26)43-33(23)27-17-29(37-3)35(30(18-27)38-4)41-21-25-13-9-7-10-14-25/h7-20H,21-22H2,1-6H3. The molecule has 0 aliphatic heterocycles. The van der Waals surface area contributed by atoms with Crippen LogP contribution >= 0.6 is 0 Å². The highest BCUT2D eigenvalue weighted by Crippen LogP contribution is 2.47. The van der Waals surface area contributed by atoms with Crippen LogP contribution in [0.15, 0.2) is 89.3 Å². The van der Waals surface area contributed by atoms with Crippen LogP contribution in [0.3, 0.4) is 0 Å². The lowest BCUT2D eigenvalue weighted by molar-refractivity contribution is 0.266. The van der Waals surface area contributed by atoms with E-state index in [1.54, 1.807) is 28.4 Å². The summed E-state index contributed by atoms with van der Waals surface area (Å²) in [5, 5.41) is 0. The maximum atomic E-state index is 6.55. The van der Waals surface area contributed by atoms with Crippen LogP contribution in [0.5, 0.6) is 34.5 Å². The van der Waals surface area contributed by atoms with Crippen molar-refractivity contribution in [1.29, 1.82) is 0 Å². The van der Waals surface area contributed by atoms with Gasteiger partial charge in [0, 0.05) is 11.1 Å². The number of methoxy groups -OCH3 is 4. The van der Waals surface area contributed by atoms with Gasteiger partial charge in [-0.25, -0.2) is 0 Å². The Labute approximate surface area is 252 Å². The molecule has 222 valence electrons. The lowest BCUT2D eigenvalue weighted by Crippen LogP contribution is -2.00. The maximum Gasteiger partial charge on any atom is 0.203 e. The second-order valence-corrected chi connectivity index (χ2v) is 9.98. The first-order valence-electron chi connectivity index (χ1n) is 13.9. The first-order chi connectivity index (χ1) is 21.0. The van der Waals surface area contributed by atoms with Gasteiger partial charge in [-0.05, 0) is 60.4 Å². The van der Waals surface area contributed by atoms with Crippen molar-refractivity contribution in [3.05, 3.63) is 107 Å². The molecule has 4 aromatic carbocycles. The molecule has 1 heterocycles. The van der Waals surface area contributed by atoms with Crippen molar-refractivity contribution in [1.82, 2.24) is 0 Å². The number of furan rings is 1. The summed E-state index contributed by atoms with van der Waals surface area (Å²) in [5.41, 5.74) is 5.66. The molecular formula is C36H36O7. The van der Waals surface area contributed by atoms with E-state index in [4.69, 9.17) is 32.8 Å². The molecule has 0 saturated carbocycles. The van der Waals surface area contributed by atoms with Crippen molar-refractivity contribution in [3.63, 3.8) is 0 Å². The second kappa shape index (κ2) is 13.3. The van der Waals surface area contributed by atoms with Gasteiger partial charge < -0.3 is 32.8 Å². The van der Waals surface area contributed by atoms with E-state index in [2.05, 4.69) is 0 Å². The third-order valence-corrected chi connectivity index (χ3v) is 7.35. The molecule has 0 N–H and O–H groups in total. The first kappa shape index (κ1) is 29.5. The van der Waals surface area contributed by atoms with Crippen molar-refractivity contribution < 1.29 is 32.8 Å². The molecular weight excluding hydrogens is 544 g/mol. The maximum absolute atomic E-state index is 6.55. The fourth-order valence-corrected chi connectivity index (χ4v) is 4.91. The SMILES string of the molecule is COc1cc(-c2oc(-c3cc(OC)c(OCc4ccccc4)c(OC)c3)c(C)c2C)cc(OC)c1OCc1ccccc1. The van der Waals surface area contributed by atoms with Crippen LogP contribution in [0.1, 0.15) is 22.3 Å². The van der Waals surface area contributed by atoms with E-state index in [-0.39, 0.29) is 0 Å². The molecule has 7 nitrogen and oxygen atoms in total. The molecule has 7 heteroatoms. The summed E-state index contributed by atoms with van der Waals surface area (Å²) in [5.74, 6) is 4.62. The number of benzene rings is 4. The van der Waals surface area contributed by atoms with Crippen LogP contribution in [0.2, 0.25) is 0 Å². The van der Waals surface area contributed by atoms with E-state index in [1.807, 2.05) is 98.8 Å². The average Bonchev–Trinajstić information content (AvgIpc) is 3.36. The highest BCUT2D eigenvalue weighted by molar-refractivity contribution is 5.77. The van der Waals surface area contributed by atoms with E-state index in [0.29, 0.717) is 59.2 Å². The molecule has 0 bridgehead atoms. The smallest absolute Gasteiger partial charge is 0.203 e. The van der Waals surface area contributed by atoms with Gasteiger partial charge in [-0.3, -0.25) is 0 Å². The van der Waals surface area contributed by atoms with Gasteiger partial charge in [0.1, 0.15) is 24.7 Å². The molecule has 1 aromatic heterocycles. The molecule has 0 spiro atoms. The van der Waals surface area contributed by atoms with Gasteiger partial charge in [0.2, 0.25) is 11.5 Å². The van der Waals surface area contributed by atoms with E-state index in [9.17, 15) is 0 Å². The Morgan fingerprint density at radius 2 is 0.814 bits per heavy atom. The third-order valence-electron chi connectivity index (χ3n) is 7.35. The summed E-state index contributed by atoms with van der Waals surface area (Å²) in [6.07, 6.45) is 0. The fraction of sp³-hybridized carbons (Fsp3) is 0.222. The summed E-state index contributed by atoms with van der Waals surface area (Å²) < 4.78 is 41.8. The van der Waals surface area contributed by atoms with E-state index in [1.165, 1.54) is 0 Å². The summed E-state index contributed by atoms with van der Waals surface area (Å²) in [4.78, 5) is 0. The van der Waals surface area contributed by atoms with Crippen LogP contribution in [0.4, 0.5) is 0 Å². The Morgan fingerprint density at radius 1 is 0.488 bits per heavy atom. The van der Waals surface area contributed by atoms with Crippen molar-refractivity contribution in [3.8, 4) is 57.1 Å². The molecule has 0 amide bonds. The van der Waals surface area contributed by atoms with Crippen LogP contribution in [0.25, 0.3) is 22.6 Å². The fourth-order valence-electron chi connectivity index (χ4n) is 4.91. The number of ether oxygens (including phenoxy) is 6. The Balaban J connectivity index is 1.49. The van der Waals surface area contributed by atoms with Crippen LogP contribution < -0.4 is 28.4 Å². The zero-order valence-electron chi connectivity index (χ0n) is 25.4. The second-order valence-electron chi connectivity index (χ2n) is 9.98. The van der Waals surface area contributed by atoms with Crippen LogP contribution in [-0.2, 0) is 13.2 Å². The van der Waals surface area contributed by atoms with Gasteiger partial charge >= 0.3 is 0 Å². The first-order valence-corrected chi connectivity index (χ1v) is 13.9. The van der Waals surface area contributed by atoms with Crippen LogP contribution in [0, 0.1) is 13.8 Å². The Bertz CT molecular complexity index is 1500. The summed E-state index contributed by atoms with van der Waals surface area (Å²) in [6, 6.07) is 27.5. The summed E-state index contributed by atoms with van der Waals surface area (Å²) >= 11 is 0. The molecule has 5 aromatic rings. The highest BCUT2D eigenvalue weighted by atomic mass is 16.5. The van der Waals surface area contributed by atoms with Crippen molar-refractivity contribution >= 4 is 0 Å². The number of hydrogen-bond donors (Lipinski definition) is 0. The zero-order valence-corrected chi connectivity index (χ0v) is 25.4. The summed E-state index contributed by atoms with van der Waals surface area (Å²) in [6.45, 7) is 4.82. The van der Waals surface area contributed by atoms with E-state index in [0.717, 1.165) is 33.4 Å². The third kappa shape index (κ3) is 6.26. The molecule has 0 saturated heterocycles.